The van der Waals surface area contributed by atoms with Gasteiger partial charge >= 0.3 is 24.2 Å². The third-order valence-corrected chi connectivity index (χ3v) is 3.91. The molecule has 0 heterocycles. The molecule has 1 rings (SSSR count). The summed E-state index contributed by atoms with van der Waals surface area (Å²) in [6.45, 7) is 5.16. The highest BCUT2D eigenvalue weighted by Crippen LogP contribution is 2.30. The van der Waals surface area contributed by atoms with Gasteiger partial charge in [-0.15, -0.1) is 0 Å². The summed E-state index contributed by atoms with van der Waals surface area (Å²) in [5.74, 6) is -2.08. The van der Waals surface area contributed by atoms with E-state index in [9.17, 15) is 24.3 Å². The van der Waals surface area contributed by atoms with E-state index in [1.165, 1.54) is 18.2 Å². The SMILES string of the molecule is COC(=O)Oc1ccc(C[C@H](NCC(C)OC(=O)C(C)C)C(=O)O)cc1OC(=O)OC. The van der Waals surface area contributed by atoms with Gasteiger partial charge < -0.3 is 34.1 Å². The van der Waals surface area contributed by atoms with Gasteiger partial charge in [0, 0.05) is 6.54 Å². The van der Waals surface area contributed by atoms with Crippen LogP contribution >= 0.6 is 0 Å². The van der Waals surface area contributed by atoms with Crippen LogP contribution in [0, 0.1) is 5.92 Å². The van der Waals surface area contributed by atoms with Gasteiger partial charge in [0.15, 0.2) is 11.5 Å². The molecule has 11 nitrogen and oxygen atoms in total. The molecular formula is C20H27NO10. The minimum atomic E-state index is -1.13. The fourth-order valence-electron chi connectivity index (χ4n) is 2.27. The topological polar surface area (TPSA) is 147 Å². The first-order chi connectivity index (χ1) is 14.6. The Kier molecular flexibility index (Phi) is 10.3. The van der Waals surface area contributed by atoms with Crippen LogP contribution in [0.3, 0.4) is 0 Å². The third kappa shape index (κ3) is 8.91. The first-order valence-corrected chi connectivity index (χ1v) is 9.38. The second-order valence-corrected chi connectivity index (χ2v) is 6.80. The second-order valence-electron chi connectivity index (χ2n) is 6.80. The van der Waals surface area contributed by atoms with E-state index in [1.54, 1.807) is 20.8 Å². The molecule has 1 aromatic rings. The van der Waals surface area contributed by atoms with Crippen LogP contribution in [0.2, 0.25) is 0 Å². The largest absolute Gasteiger partial charge is 0.513 e. The Hall–Kier alpha value is -3.34. The summed E-state index contributed by atoms with van der Waals surface area (Å²) < 4.78 is 23.9. The molecule has 2 N–H and O–H groups in total. The number of nitrogens with one attached hydrogen (secondary N) is 1. The number of hydrogen-bond acceptors (Lipinski definition) is 10. The van der Waals surface area contributed by atoms with E-state index in [0.29, 0.717) is 5.56 Å². The summed E-state index contributed by atoms with van der Waals surface area (Å²) in [6, 6.07) is 3.15. The van der Waals surface area contributed by atoms with E-state index in [0.717, 1.165) is 14.2 Å². The Morgan fingerprint density at radius 2 is 1.55 bits per heavy atom. The quantitative estimate of drug-likeness (QED) is 0.313. The highest BCUT2D eigenvalue weighted by Gasteiger charge is 2.22. The lowest BCUT2D eigenvalue weighted by molar-refractivity contribution is -0.151. The van der Waals surface area contributed by atoms with Crippen LogP contribution in [0.4, 0.5) is 9.59 Å². The molecular weight excluding hydrogens is 414 g/mol. The van der Waals surface area contributed by atoms with Crippen molar-refractivity contribution < 1.29 is 48.0 Å². The highest BCUT2D eigenvalue weighted by molar-refractivity contribution is 5.74. The molecule has 0 saturated carbocycles. The van der Waals surface area contributed by atoms with E-state index in [2.05, 4.69) is 14.8 Å². The number of ether oxygens (including phenoxy) is 5. The van der Waals surface area contributed by atoms with E-state index >= 15 is 0 Å². The first kappa shape index (κ1) is 25.7. The maximum Gasteiger partial charge on any atom is 0.513 e. The van der Waals surface area contributed by atoms with Crippen molar-refractivity contribution >= 4 is 24.2 Å². The molecule has 0 aromatic heterocycles. The van der Waals surface area contributed by atoms with Crippen LogP contribution in [0.5, 0.6) is 11.5 Å². The number of carbonyl (C=O) groups excluding carboxylic acids is 3. The van der Waals surface area contributed by atoms with Gasteiger partial charge in [-0.1, -0.05) is 19.9 Å². The van der Waals surface area contributed by atoms with Crippen molar-refractivity contribution in [1.29, 1.82) is 0 Å². The molecule has 2 atom stereocenters. The monoisotopic (exact) mass is 441 g/mol. The molecule has 0 amide bonds. The summed E-state index contributed by atoms with van der Waals surface area (Å²) in [5.41, 5.74) is 0.461. The smallest absolute Gasteiger partial charge is 0.480 e. The fraction of sp³-hybridized carbons (Fsp3) is 0.500. The predicted molar refractivity (Wildman–Crippen MR) is 106 cm³/mol. The number of esters is 1. The molecule has 0 spiro atoms. The molecule has 1 aromatic carbocycles. The van der Waals surface area contributed by atoms with Gasteiger partial charge in [-0.2, -0.15) is 0 Å². The van der Waals surface area contributed by atoms with Crippen LogP contribution in [-0.2, 0) is 30.2 Å². The van der Waals surface area contributed by atoms with Crippen molar-refractivity contribution in [2.75, 3.05) is 20.8 Å². The second kappa shape index (κ2) is 12.4. The minimum Gasteiger partial charge on any atom is -0.480 e. The summed E-state index contributed by atoms with van der Waals surface area (Å²) in [6.07, 6.45) is -2.63. The van der Waals surface area contributed by atoms with Crippen LogP contribution < -0.4 is 14.8 Å². The molecule has 0 aliphatic heterocycles. The molecule has 0 saturated heterocycles. The van der Waals surface area contributed by atoms with Crippen molar-refractivity contribution in [2.24, 2.45) is 5.92 Å². The summed E-state index contributed by atoms with van der Waals surface area (Å²) in [7, 11) is 2.21. The van der Waals surface area contributed by atoms with Gasteiger partial charge in [-0.25, -0.2) is 9.59 Å². The number of methoxy groups -OCH3 is 2. The van der Waals surface area contributed by atoms with Crippen LogP contribution in [0.15, 0.2) is 18.2 Å². The number of benzene rings is 1. The van der Waals surface area contributed by atoms with Crippen LogP contribution in [0.1, 0.15) is 26.3 Å². The number of hydrogen-bond donors (Lipinski definition) is 2. The summed E-state index contributed by atoms with van der Waals surface area (Å²) in [5, 5.41) is 12.3. The molecule has 31 heavy (non-hydrogen) atoms. The standard InChI is InChI=1S/C20H27NO10/c1-11(2)18(24)29-12(3)10-21-14(17(22)23)8-13-6-7-15(30-19(25)27-4)16(9-13)31-20(26)28-5/h6-7,9,11-12,14,21H,8,10H2,1-5H3,(H,22,23)/t12?,14-/m0/s1. The number of carboxylic acids is 1. The normalized spacial score (nSPS) is 12.5. The average molecular weight is 441 g/mol. The number of aliphatic carboxylic acids is 1. The Bertz CT molecular complexity index is 792. The molecule has 11 heteroatoms. The van der Waals surface area contributed by atoms with Gasteiger partial charge in [0.05, 0.1) is 20.1 Å². The minimum absolute atomic E-state index is 0.00375. The molecule has 0 fully saturated rings. The third-order valence-electron chi connectivity index (χ3n) is 3.91. The van der Waals surface area contributed by atoms with E-state index in [-0.39, 0.29) is 36.4 Å². The molecule has 0 aliphatic rings. The summed E-state index contributed by atoms with van der Waals surface area (Å²) in [4.78, 5) is 46.1. The van der Waals surface area contributed by atoms with E-state index in [1.807, 2.05) is 0 Å². The predicted octanol–water partition coefficient (Wildman–Crippen LogP) is 2.15. The van der Waals surface area contributed by atoms with Crippen molar-refractivity contribution in [1.82, 2.24) is 5.32 Å². The van der Waals surface area contributed by atoms with Crippen LogP contribution in [-0.4, -0.2) is 62.3 Å². The lowest BCUT2D eigenvalue weighted by Crippen LogP contribution is -2.43. The molecule has 0 bridgehead atoms. The lowest BCUT2D eigenvalue weighted by Gasteiger charge is -2.20. The zero-order valence-electron chi connectivity index (χ0n) is 18.0. The van der Waals surface area contributed by atoms with Gasteiger partial charge in [0.1, 0.15) is 12.1 Å². The number of carbonyl (C=O) groups is 4. The highest BCUT2D eigenvalue weighted by atomic mass is 16.7. The molecule has 1 unspecified atom stereocenters. The van der Waals surface area contributed by atoms with Crippen molar-refractivity contribution in [3.8, 4) is 11.5 Å². The molecule has 0 aliphatic carbocycles. The van der Waals surface area contributed by atoms with E-state index in [4.69, 9.17) is 14.2 Å². The summed E-state index contributed by atoms with van der Waals surface area (Å²) >= 11 is 0. The number of rotatable bonds is 10. The Morgan fingerprint density at radius 3 is 2.06 bits per heavy atom. The zero-order valence-corrected chi connectivity index (χ0v) is 18.0. The van der Waals surface area contributed by atoms with Gasteiger partial charge in [0.25, 0.3) is 0 Å². The van der Waals surface area contributed by atoms with Crippen LogP contribution in [0.25, 0.3) is 0 Å². The first-order valence-electron chi connectivity index (χ1n) is 9.38. The Morgan fingerprint density at radius 1 is 0.968 bits per heavy atom. The maximum absolute atomic E-state index is 11.6. The fourth-order valence-corrected chi connectivity index (χ4v) is 2.27. The average Bonchev–Trinajstić information content (AvgIpc) is 2.71. The zero-order chi connectivity index (χ0) is 23.6. The lowest BCUT2D eigenvalue weighted by atomic mass is 10.0. The Balaban J connectivity index is 2.93. The molecule has 172 valence electrons. The van der Waals surface area contributed by atoms with Crippen molar-refractivity contribution in [3.05, 3.63) is 23.8 Å². The van der Waals surface area contributed by atoms with Crippen molar-refractivity contribution in [2.45, 2.75) is 39.3 Å². The van der Waals surface area contributed by atoms with Gasteiger partial charge in [-0.3, -0.25) is 9.59 Å². The van der Waals surface area contributed by atoms with Gasteiger partial charge in [-0.05, 0) is 31.0 Å². The maximum atomic E-state index is 11.6. The van der Waals surface area contributed by atoms with E-state index < -0.39 is 30.4 Å². The Labute approximate surface area is 179 Å². The van der Waals surface area contributed by atoms with Crippen molar-refractivity contribution in [3.63, 3.8) is 0 Å². The number of carboxylic acid groups (broad SMARTS) is 1. The van der Waals surface area contributed by atoms with Gasteiger partial charge in [0.2, 0.25) is 0 Å². The molecule has 0 radical (unpaired) electrons.